The molecule has 1 aromatic carbocycles. The van der Waals surface area contributed by atoms with Gasteiger partial charge in [-0.15, -0.1) is 0 Å². The molecule has 3 atom stereocenters. The third-order valence-electron chi connectivity index (χ3n) is 9.21. The Morgan fingerprint density at radius 3 is 2.19 bits per heavy atom. The molecule has 3 fully saturated rings. The van der Waals surface area contributed by atoms with Gasteiger partial charge in [0.1, 0.15) is 17.8 Å². The van der Waals surface area contributed by atoms with E-state index in [0.717, 1.165) is 31.7 Å². The highest BCUT2D eigenvalue weighted by Gasteiger charge is 2.53. The molecule has 238 valence electrons. The Hall–Kier alpha value is -3.35. The number of carbonyl (C=O) groups is 4. The van der Waals surface area contributed by atoms with Gasteiger partial charge < -0.3 is 31.5 Å². The molecule has 0 spiro atoms. The first kappa shape index (κ1) is 32.6. The molecule has 0 bridgehead atoms. The van der Waals surface area contributed by atoms with Gasteiger partial charge in [0.25, 0.3) is 5.91 Å². The van der Waals surface area contributed by atoms with Gasteiger partial charge >= 0.3 is 12.0 Å². The minimum absolute atomic E-state index is 0.0504. The first-order chi connectivity index (χ1) is 20.4. The second-order valence-corrected chi connectivity index (χ2v) is 12.2. The molecule has 4 rings (SSSR count). The molecule has 2 saturated carbocycles. The molecule has 1 aromatic rings. The van der Waals surface area contributed by atoms with Crippen LogP contribution in [0.15, 0.2) is 18.2 Å². The number of piperazine rings is 1. The molecule has 0 unspecified atom stereocenters. The van der Waals surface area contributed by atoms with Gasteiger partial charge in [0, 0.05) is 38.1 Å². The first-order valence-electron chi connectivity index (χ1n) is 15.2. The maximum absolute atomic E-state index is 15.4. The fraction of sp³-hybridized carbons (Fsp3) is 0.667. The van der Waals surface area contributed by atoms with Crippen molar-refractivity contribution in [1.82, 2.24) is 20.4 Å². The smallest absolute Gasteiger partial charge is 0.336 e. The molecule has 0 radical (unpaired) electrons. The zero-order chi connectivity index (χ0) is 31.3. The largest absolute Gasteiger partial charge is 0.364 e. The van der Waals surface area contributed by atoms with Gasteiger partial charge in [-0.1, -0.05) is 32.3 Å². The van der Waals surface area contributed by atoms with Crippen LogP contribution in [0.4, 0.5) is 23.7 Å². The number of rotatable bonds is 10. The second kappa shape index (κ2) is 14.0. The van der Waals surface area contributed by atoms with E-state index in [2.05, 4.69) is 20.9 Å². The number of nitrogens with two attached hydrogens (primary N) is 1. The molecule has 0 aromatic heterocycles. The highest BCUT2D eigenvalue weighted by atomic mass is 19.3. The van der Waals surface area contributed by atoms with Gasteiger partial charge in [-0.3, -0.25) is 14.4 Å². The predicted octanol–water partition coefficient (Wildman–Crippen LogP) is 3.18. The normalized spacial score (nSPS) is 20.8. The van der Waals surface area contributed by atoms with Gasteiger partial charge in [0.15, 0.2) is 0 Å². The Balaban J connectivity index is 1.52. The lowest BCUT2D eigenvalue weighted by atomic mass is 9.76. The Bertz CT molecular complexity index is 1180. The number of nitrogens with one attached hydrogen (secondary N) is 3. The summed E-state index contributed by atoms with van der Waals surface area (Å²) >= 11 is 0. The van der Waals surface area contributed by atoms with Crippen molar-refractivity contribution >= 4 is 29.4 Å². The van der Waals surface area contributed by atoms with Gasteiger partial charge in [0.2, 0.25) is 11.8 Å². The van der Waals surface area contributed by atoms with Gasteiger partial charge in [-0.05, 0) is 62.8 Å². The molecule has 2 aliphatic carbocycles. The van der Waals surface area contributed by atoms with Crippen molar-refractivity contribution in [2.75, 3.05) is 38.5 Å². The van der Waals surface area contributed by atoms with Crippen LogP contribution in [0, 0.1) is 17.7 Å². The Kier molecular flexibility index (Phi) is 10.6. The van der Waals surface area contributed by atoms with Crippen LogP contribution in [0.3, 0.4) is 0 Å². The molecule has 43 heavy (non-hydrogen) atoms. The number of alkyl halides is 2. The van der Waals surface area contributed by atoms with Gasteiger partial charge in [-0.2, -0.15) is 8.78 Å². The van der Waals surface area contributed by atoms with E-state index < -0.39 is 53.4 Å². The molecule has 10 nitrogen and oxygen atoms in total. The number of likely N-dealkylation sites (N-methyl/N-ethyl adjacent to an activating group) is 1. The Morgan fingerprint density at radius 1 is 0.977 bits per heavy atom. The van der Waals surface area contributed by atoms with Gasteiger partial charge in [0.05, 0.1) is 5.69 Å². The predicted molar refractivity (Wildman–Crippen MR) is 155 cm³/mol. The summed E-state index contributed by atoms with van der Waals surface area (Å²) in [4.78, 5) is 54.9. The quantitative estimate of drug-likeness (QED) is 0.324. The molecule has 5 amide bonds. The highest BCUT2D eigenvalue weighted by Crippen LogP contribution is 2.40. The van der Waals surface area contributed by atoms with Crippen molar-refractivity contribution in [3.8, 4) is 0 Å². The fourth-order valence-corrected chi connectivity index (χ4v) is 6.16. The lowest BCUT2D eigenvalue weighted by Crippen LogP contribution is -2.58. The summed E-state index contributed by atoms with van der Waals surface area (Å²) in [6.07, 6.45) is 5.56. The number of urea groups is 1. The minimum Gasteiger partial charge on any atom is -0.364 e. The number of amides is 5. The minimum atomic E-state index is -4.10. The van der Waals surface area contributed by atoms with E-state index in [-0.39, 0.29) is 17.6 Å². The van der Waals surface area contributed by atoms with E-state index in [1.807, 2.05) is 7.05 Å². The number of benzene rings is 1. The fourth-order valence-electron chi connectivity index (χ4n) is 6.16. The molecule has 3 aliphatic rings. The lowest BCUT2D eigenvalue weighted by molar-refractivity contribution is -0.161. The van der Waals surface area contributed by atoms with Crippen molar-refractivity contribution in [3.63, 3.8) is 0 Å². The number of anilines is 1. The SMILES string of the molecule is C[C@@H](c1ccc(NC(=O)[C@H](C2CCCCC2)C(F)(F)C(N)=O)c(F)c1)[C@@H](NC(=O)NC1CCC1)C(=O)N1CCN(C)CC1. The average Bonchev–Trinajstić information content (AvgIpc) is 2.95. The zero-order valence-electron chi connectivity index (χ0n) is 24.8. The number of primary amides is 1. The van der Waals surface area contributed by atoms with E-state index in [9.17, 15) is 28.0 Å². The van der Waals surface area contributed by atoms with Crippen LogP contribution < -0.4 is 21.7 Å². The van der Waals surface area contributed by atoms with Crippen molar-refractivity contribution in [1.29, 1.82) is 0 Å². The van der Waals surface area contributed by atoms with E-state index >= 15 is 4.39 Å². The molecular formula is C30H43F3N6O4. The van der Waals surface area contributed by atoms with Crippen LogP contribution in [-0.2, 0) is 14.4 Å². The summed E-state index contributed by atoms with van der Waals surface area (Å²) in [5.41, 5.74) is 5.01. The van der Waals surface area contributed by atoms with Crippen molar-refractivity contribution in [2.45, 2.75) is 82.2 Å². The van der Waals surface area contributed by atoms with Crippen molar-refractivity contribution < 1.29 is 32.3 Å². The van der Waals surface area contributed by atoms with Gasteiger partial charge in [-0.25, -0.2) is 9.18 Å². The number of nitrogens with zero attached hydrogens (tertiary/aromatic N) is 2. The average molecular weight is 609 g/mol. The van der Waals surface area contributed by atoms with Crippen LogP contribution in [0.1, 0.15) is 69.8 Å². The van der Waals surface area contributed by atoms with Crippen LogP contribution in [0.2, 0.25) is 0 Å². The molecule has 5 N–H and O–H groups in total. The topological polar surface area (TPSA) is 137 Å². The lowest BCUT2D eigenvalue weighted by Gasteiger charge is -2.37. The van der Waals surface area contributed by atoms with E-state index in [4.69, 9.17) is 5.73 Å². The van der Waals surface area contributed by atoms with E-state index in [1.165, 1.54) is 12.1 Å². The van der Waals surface area contributed by atoms with Crippen LogP contribution in [0.25, 0.3) is 0 Å². The summed E-state index contributed by atoms with van der Waals surface area (Å²) in [6, 6.07) is 2.43. The monoisotopic (exact) mass is 608 g/mol. The second-order valence-electron chi connectivity index (χ2n) is 12.2. The third-order valence-corrected chi connectivity index (χ3v) is 9.21. The molecular weight excluding hydrogens is 565 g/mol. The van der Waals surface area contributed by atoms with Crippen molar-refractivity contribution in [2.24, 2.45) is 17.6 Å². The zero-order valence-corrected chi connectivity index (χ0v) is 24.8. The molecule has 1 heterocycles. The summed E-state index contributed by atoms with van der Waals surface area (Å²) in [5.74, 6) is -11.8. The Labute approximate surface area is 250 Å². The van der Waals surface area contributed by atoms with Crippen LogP contribution in [-0.4, -0.2) is 84.8 Å². The summed E-state index contributed by atoms with van der Waals surface area (Å²) in [5, 5.41) is 7.91. The van der Waals surface area contributed by atoms with Crippen LogP contribution in [0.5, 0.6) is 0 Å². The van der Waals surface area contributed by atoms with E-state index in [0.29, 0.717) is 57.4 Å². The third kappa shape index (κ3) is 7.79. The maximum Gasteiger partial charge on any atom is 0.336 e. The first-order valence-corrected chi connectivity index (χ1v) is 15.2. The molecule has 1 aliphatic heterocycles. The van der Waals surface area contributed by atoms with Crippen molar-refractivity contribution in [3.05, 3.63) is 29.6 Å². The molecule has 1 saturated heterocycles. The Morgan fingerprint density at radius 2 is 1.63 bits per heavy atom. The van der Waals surface area contributed by atoms with Crippen LogP contribution >= 0.6 is 0 Å². The molecule has 13 heteroatoms. The number of hydrogen-bond acceptors (Lipinski definition) is 5. The number of halogens is 3. The summed E-state index contributed by atoms with van der Waals surface area (Å²) in [7, 11) is 1.96. The van der Waals surface area contributed by atoms with E-state index in [1.54, 1.807) is 11.8 Å². The summed E-state index contributed by atoms with van der Waals surface area (Å²) in [6.45, 7) is 4.03. The standard InChI is InChI=1S/C30H43F3N6O4/c1-18(25(37-29(43)35-21-9-6-10-21)27(41)39-15-13-38(2)14-16-39)20-11-12-23(22(31)17-20)36-26(40)24(30(32,33)28(34)42)19-7-4-3-5-8-19/h11-12,17-19,21,24-25H,3-10,13-16H2,1-2H3,(H2,34,42)(H,36,40)(H2,35,37,43)/t18-,24-,25+/m0/s1. The summed E-state index contributed by atoms with van der Waals surface area (Å²) < 4.78 is 45.1. The number of hydrogen-bond donors (Lipinski definition) is 4. The maximum atomic E-state index is 15.4. The highest BCUT2D eigenvalue weighted by molar-refractivity contribution is 5.98. The number of carbonyl (C=O) groups excluding carboxylic acids is 4.